The second kappa shape index (κ2) is 4.74. The second-order valence-electron chi connectivity index (χ2n) is 4.97. The van der Waals surface area contributed by atoms with Gasteiger partial charge in [0.15, 0.2) is 0 Å². The van der Waals surface area contributed by atoms with Crippen molar-refractivity contribution in [1.29, 1.82) is 5.26 Å². The van der Waals surface area contributed by atoms with E-state index >= 15 is 0 Å². The summed E-state index contributed by atoms with van der Waals surface area (Å²) in [5, 5.41) is 9.19. The molecule has 19 heavy (non-hydrogen) atoms. The molecule has 0 radical (unpaired) electrons. The molecule has 0 amide bonds. The molecule has 0 unspecified atom stereocenters. The van der Waals surface area contributed by atoms with E-state index in [4.69, 9.17) is 0 Å². The highest BCUT2D eigenvalue weighted by Crippen LogP contribution is 2.41. The first-order valence-corrected chi connectivity index (χ1v) is 6.48. The number of hydrogen-bond donors (Lipinski definition) is 0. The van der Waals surface area contributed by atoms with Crippen molar-refractivity contribution < 1.29 is 0 Å². The minimum absolute atomic E-state index is 0.322. The number of aromatic nitrogens is 1. The lowest BCUT2D eigenvalue weighted by Crippen LogP contribution is -2.49. The quantitative estimate of drug-likeness (QED) is 0.820. The molecule has 3 rings (SSSR count). The van der Waals surface area contributed by atoms with Crippen molar-refractivity contribution in [1.82, 2.24) is 4.98 Å². The summed E-state index contributed by atoms with van der Waals surface area (Å²) in [6.07, 6.45) is 1.75. The highest BCUT2D eigenvalue weighted by atomic mass is 15.3. The van der Waals surface area contributed by atoms with Crippen LogP contribution in [0.1, 0.15) is 24.1 Å². The summed E-state index contributed by atoms with van der Waals surface area (Å²) < 4.78 is 0. The third kappa shape index (κ3) is 1.96. The zero-order valence-corrected chi connectivity index (χ0v) is 10.8. The summed E-state index contributed by atoms with van der Waals surface area (Å²) in [7, 11) is 0. The lowest BCUT2D eigenvalue weighted by atomic mass is 9.84. The Kier molecular flexibility index (Phi) is 2.92. The Balaban J connectivity index is 1.97. The Morgan fingerprint density at radius 2 is 2.00 bits per heavy atom. The molecule has 3 heteroatoms. The lowest BCUT2D eigenvalue weighted by Gasteiger charge is -2.48. The fourth-order valence-electron chi connectivity index (χ4n) is 2.78. The van der Waals surface area contributed by atoms with Gasteiger partial charge in [0.1, 0.15) is 11.9 Å². The number of anilines is 1. The number of nitriles is 1. The van der Waals surface area contributed by atoms with Crippen LogP contribution in [0.15, 0.2) is 48.7 Å². The molecule has 0 spiro atoms. The minimum atomic E-state index is 0.322. The topological polar surface area (TPSA) is 39.9 Å². The van der Waals surface area contributed by atoms with Gasteiger partial charge in [-0.3, -0.25) is 0 Å². The Morgan fingerprint density at radius 3 is 2.68 bits per heavy atom. The normalized spacial score (nSPS) is 21.6. The molecular formula is C16H15N3. The zero-order chi connectivity index (χ0) is 13.2. The van der Waals surface area contributed by atoms with E-state index in [2.05, 4.69) is 47.1 Å². The van der Waals surface area contributed by atoms with Gasteiger partial charge in [-0.15, -0.1) is 0 Å². The van der Waals surface area contributed by atoms with Gasteiger partial charge in [0.05, 0.1) is 11.6 Å². The van der Waals surface area contributed by atoms with Crippen molar-refractivity contribution in [3.8, 4) is 6.07 Å². The number of hydrogen-bond acceptors (Lipinski definition) is 3. The van der Waals surface area contributed by atoms with E-state index in [0.29, 0.717) is 17.5 Å². The van der Waals surface area contributed by atoms with E-state index in [-0.39, 0.29) is 0 Å². The Labute approximate surface area is 113 Å². The van der Waals surface area contributed by atoms with Gasteiger partial charge >= 0.3 is 0 Å². The van der Waals surface area contributed by atoms with Gasteiger partial charge in [0.2, 0.25) is 0 Å². The number of rotatable bonds is 2. The van der Waals surface area contributed by atoms with Crippen LogP contribution in [-0.4, -0.2) is 11.5 Å². The molecule has 1 fully saturated rings. The van der Waals surface area contributed by atoms with Crippen LogP contribution >= 0.6 is 0 Å². The Hall–Kier alpha value is -2.34. The van der Waals surface area contributed by atoms with Gasteiger partial charge < -0.3 is 4.90 Å². The monoisotopic (exact) mass is 249 g/mol. The third-order valence-electron chi connectivity index (χ3n) is 3.68. The summed E-state index contributed by atoms with van der Waals surface area (Å²) in [5.74, 6) is 1.38. The van der Waals surface area contributed by atoms with Crippen molar-refractivity contribution in [2.24, 2.45) is 5.92 Å². The number of benzene rings is 1. The van der Waals surface area contributed by atoms with Crippen molar-refractivity contribution in [2.45, 2.75) is 13.0 Å². The summed E-state index contributed by atoms with van der Waals surface area (Å²) in [6.45, 7) is 3.19. The molecule has 2 aromatic rings. The summed E-state index contributed by atoms with van der Waals surface area (Å²) >= 11 is 0. The van der Waals surface area contributed by atoms with E-state index in [1.54, 1.807) is 6.20 Å². The Bertz CT molecular complexity index is 615. The van der Waals surface area contributed by atoms with Crippen LogP contribution in [0.2, 0.25) is 0 Å². The molecule has 0 saturated carbocycles. The SMILES string of the molecule is C[C@@H]1CN(c2ncccc2C#N)[C@@H]1c1ccccc1. The second-order valence-corrected chi connectivity index (χ2v) is 4.97. The first kappa shape index (κ1) is 11.7. The lowest BCUT2D eigenvalue weighted by molar-refractivity contribution is 0.322. The van der Waals surface area contributed by atoms with Gasteiger partial charge in [-0.1, -0.05) is 37.3 Å². The van der Waals surface area contributed by atoms with Gasteiger partial charge in [-0.05, 0) is 23.6 Å². The molecule has 2 atom stereocenters. The number of nitrogens with zero attached hydrogens (tertiary/aromatic N) is 3. The predicted octanol–water partition coefficient (Wildman–Crippen LogP) is 3.15. The van der Waals surface area contributed by atoms with Gasteiger partial charge in [0.25, 0.3) is 0 Å². The van der Waals surface area contributed by atoms with Crippen LogP contribution < -0.4 is 4.90 Å². The van der Waals surface area contributed by atoms with Crippen LogP contribution in [0.5, 0.6) is 0 Å². The summed E-state index contributed by atoms with van der Waals surface area (Å²) in [5.41, 5.74) is 1.94. The molecular weight excluding hydrogens is 234 g/mol. The Morgan fingerprint density at radius 1 is 1.21 bits per heavy atom. The van der Waals surface area contributed by atoms with Crippen molar-refractivity contribution in [3.63, 3.8) is 0 Å². The molecule has 0 aliphatic carbocycles. The van der Waals surface area contributed by atoms with Gasteiger partial charge in [0, 0.05) is 12.7 Å². The van der Waals surface area contributed by atoms with Crippen molar-refractivity contribution in [3.05, 3.63) is 59.8 Å². The fourth-order valence-corrected chi connectivity index (χ4v) is 2.78. The molecule has 1 saturated heterocycles. The van der Waals surface area contributed by atoms with Gasteiger partial charge in [-0.25, -0.2) is 4.98 Å². The molecule has 0 N–H and O–H groups in total. The smallest absolute Gasteiger partial charge is 0.147 e. The molecule has 1 aliphatic heterocycles. The van der Waals surface area contributed by atoms with Gasteiger partial charge in [-0.2, -0.15) is 5.26 Å². The van der Waals surface area contributed by atoms with Crippen LogP contribution in [0.4, 0.5) is 5.82 Å². The molecule has 1 aromatic heterocycles. The van der Waals surface area contributed by atoms with Crippen LogP contribution in [0, 0.1) is 17.2 Å². The van der Waals surface area contributed by atoms with Crippen LogP contribution in [0.3, 0.4) is 0 Å². The standard InChI is InChI=1S/C16H15N3/c1-12-11-19(15(12)13-6-3-2-4-7-13)16-14(10-17)8-5-9-18-16/h2-9,12,15H,11H2,1H3/t12-,15+/m1/s1. The highest BCUT2D eigenvalue weighted by Gasteiger charge is 2.38. The fraction of sp³-hybridized carbons (Fsp3) is 0.250. The maximum atomic E-state index is 9.19. The zero-order valence-electron chi connectivity index (χ0n) is 10.8. The minimum Gasteiger partial charge on any atom is -0.348 e. The molecule has 0 bridgehead atoms. The molecule has 3 nitrogen and oxygen atoms in total. The first-order chi connectivity index (χ1) is 9.31. The third-order valence-corrected chi connectivity index (χ3v) is 3.68. The average Bonchev–Trinajstić information content (AvgIpc) is 2.45. The largest absolute Gasteiger partial charge is 0.348 e. The number of pyridine rings is 1. The van der Waals surface area contributed by atoms with E-state index < -0.39 is 0 Å². The van der Waals surface area contributed by atoms with Crippen LogP contribution in [-0.2, 0) is 0 Å². The van der Waals surface area contributed by atoms with Crippen molar-refractivity contribution >= 4 is 5.82 Å². The maximum Gasteiger partial charge on any atom is 0.147 e. The summed E-state index contributed by atoms with van der Waals surface area (Å²) in [6, 6.07) is 16.6. The maximum absolute atomic E-state index is 9.19. The van der Waals surface area contributed by atoms with E-state index in [0.717, 1.165) is 12.4 Å². The highest BCUT2D eigenvalue weighted by molar-refractivity contribution is 5.57. The summed E-state index contributed by atoms with van der Waals surface area (Å²) in [4.78, 5) is 6.61. The van der Waals surface area contributed by atoms with E-state index in [9.17, 15) is 5.26 Å². The van der Waals surface area contributed by atoms with Crippen molar-refractivity contribution in [2.75, 3.05) is 11.4 Å². The molecule has 94 valence electrons. The van der Waals surface area contributed by atoms with E-state index in [1.807, 2.05) is 18.2 Å². The average molecular weight is 249 g/mol. The molecule has 1 aliphatic rings. The molecule has 2 heterocycles. The van der Waals surface area contributed by atoms with Crippen LogP contribution in [0.25, 0.3) is 0 Å². The van der Waals surface area contributed by atoms with E-state index in [1.165, 1.54) is 5.56 Å². The first-order valence-electron chi connectivity index (χ1n) is 6.48. The molecule has 1 aromatic carbocycles. The predicted molar refractivity (Wildman–Crippen MR) is 74.6 cm³/mol.